The van der Waals surface area contributed by atoms with Gasteiger partial charge in [0, 0.05) is 69.2 Å². The van der Waals surface area contributed by atoms with Gasteiger partial charge in [0.15, 0.2) is 0 Å². The van der Waals surface area contributed by atoms with Crippen LogP contribution in [0.25, 0.3) is 49.0 Å². The number of non-ortho nitro benzene ring substituents is 1. The number of aromatic nitrogens is 2. The molecular formula is C55H58BrN5O5. The Morgan fingerprint density at radius 1 is 0.591 bits per heavy atom. The molecule has 11 heteroatoms. The first-order valence-corrected chi connectivity index (χ1v) is 26.8. The van der Waals surface area contributed by atoms with Crippen LogP contribution in [0.3, 0.4) is 0 Å². The highest BCUT2D eigenvalue weighted by molar-refractivity contribution is 9.10. The van der Waals surface area contributed by atoms with E-state index >= 15 is 0 Å². The van der Waals surface area contributed by atoms with Crippen LogP contribution in [0.2, 0.25) is 0 Å². The largest absolute Gasteiger partial charge is 0.298 e. The highest BCUT2D eigenvalue weighted by atomic mass is 79.9. The number of hydrogen-bond donors (Lipinski definition) is 0. The normalized spacial score (nSPS) is 38.9. The van der Waals surface area contributed by atoms with E-state index in [1.807, 2.05) is 24.3 Å². The van der Waals surface area contributed by atoms with Crippen LogP contribution in [0.4, 0.5) is 11.4 Å². The average molecular weight is 949 g/mol. The van der Waals surface area contributed by atoms with E-state index in [9.17, 15) is 25.0 Å². The molecule has 2 aromatic heterocycles. The van der Waals surface area contributed by atoms with Crippen molar-refractivity contribution in [3.05, 3.63) is 89.1 Å². The molecule has 10 unspecified atom stereocenters. The first kappa shape index (κ1) is 39.7. The molecular weight excluding hydrogens is 891 g/mol. The van der Waals surface area contributed by atoms with Gasteiger partial charge >= 0.3 is 0 Å². The van der Waals surface area contributed by atoms with Crippen molar-refractivity contribution >= 4 is 76.3 Å². The van der Waals surface area contributed by atoms with Gasteiger partial charge in [0.25, 0.3) is 16.9 Å². The van der Waals surface area contributed by atoms with Crippen molar-refractivity contribution < 1.29 is 9.85 Å². The monoisotopic (exact) mass is 947 g/mol. The van der Waals surface area contributed by atoms with Crippen LogP contribution in [0.5, 0.6) is 0 Å². The topological polar surface area (TPSA) is 124 Å². The maximum atomic E-state index is 14.6. The number of nitrogens with zero attached hydrogens (tertiary/aromatic N) is 5. The van der Waals surface area contributed by atoms with Crippen molar-refractivity contribution in [2.24, 2.45) is 94.7 Å². The minimum atomic E-state index is -0.438. The van der Waals surface area contributed by atoms with Crippen LogP contribution in [0.1, 0.15) is 95.5 Å². The summed E-state index contributed by atoms with van der Waals surface area (Å²) in [7, 11) is 0. The molecule has 0 N–H and O–H groups in total. The second-order valence-corrected chi connectivity index (χ2v) is 24.4. The molecule has 0 amide bonds. The molecule has 8 saturated carbocycles. The molecule has 10 atom stereocenters. The third-order valence-electron chi connectivity index (χ3n) is 21.7. The second-order valence-electron chi connectivity index (χ2n) is 23.5. The average Bonchev–Trinajstić information content (AvgIpc) is 3.33. The Bertz CT molecular complexity index is 3090. The molecule has 1 saturated heterocycles. The van der Waals surface area contributed by atoms with Gasteiger partial charge < -0.3 is 0 Å². The number of likely N-dealkylation sites (tertiary alicyclic amines) is 1. The van der Waals surface area contributed by atoms with Gasteiger partial charge in [0.05, 0.1) is 26.4 Å². The number of nitro groups is 2. The van der Waals surface area contributed by atoms with Crippen molar-refractivity contribution in [1.29, 1.82) is 0 Å². The molecule has 6 aromatic rings. The van der Waals surface area contributed by atoms with E-state index in [-0.39, 0.29) is 21.9 Å². The Labute approximate surface area is 392 Å². The van der Waals surface area contributed by atoms with Gasteiger partial charge in [-0.2, -0.15) is 0 Å². The first-order chi connectivity index (χ1) is 32.2. The Hall–Kier alpha value is -4.22. The molecule has 340 valence electrons. The highest BCUT2D eigenvalue weighted by Crippen LogP contribution is 2.73. The highest BCUT2D eigenvalue weighted by Gasteiger charge is 2.67. The molecule has 9 aliphatic rings. The lowest BCUT2D eigenvalue weighted by molar-refractivity contribution is -0.385. The van der Waals surface area contributed by atoms with Crippen LogP contribution >= 0.6 is 15.9 Å². The van der Waals surface area contributed by atoms with Gasteiger partial charge in [-0.25, -0.2) is 4.98 Å². The van der Waals surface area contributed by atoms with E-state index in [0.29, 0.717) is 62.2 Å². The molecule has 1 aliphatic heterocycles. The van der Waals surface area contributed by atoms with E-state index in [1.54, 1.807) is 12.1 Å². The molecule has 9 fully saturated rings. The summed E-state index contributed by atoms with van der Waals surface area (Å²) in [6.45, 7) is 2.17. The van der Waals surface area contributed by atoms with E-state index in [1.165, 1.54) is 106 Å². The summed E-state index contributed by atoms with van der Waals surface area (Å²) in [5.74, 6) is 14.5. The lowest BCUT2D eigenvalue weighted by atomic mass is 9.34. The minimum Gasteiger partial charge on any atom is -0.298 e. The number of pyridine rings is 1. The summed E-state index contributed by atoms with van der Waals surface area (Å²) in [5.41, 5.74) is 0.969. The second kappa shape index (κ2) is 14.2. The maximum Gasteiger partial charge on any atom is 0.276 e. The SMILES string of the molecule is O=c1c2cccc3c(Br)ccc(c32)c2nc3cc([N+](=O)[O-])c(CN4CC5CCC6C7CCC8C9CCCC%10CCCC(C%11CCC(C%12CCC(C4)C5C6%12)C7C8%11)C%109)c4cc([N+](=O)[O-])cc(c34)n12. The van der Waals surface area contributed by atoms with E-state index < -0.39 is 4.92 Å². The molecule has 10 nitrogen and oxygen atoms in total. The van der Waals surface area contributed by atoms with Crippen molar-refractivity contribution in [3.63, 3.8) is 0 Å². The first-order valence-electron chi connectivity index (χ1n) is 26.0. The molecule has 8 aliphatic carbocycles. The zero-order valence-corrected chi connectivity index (χ0v) is 39.1. The van der Waals surface area contributed by atoms with Crippen LogP contribution in [-0.4, -0.2) is 37.2 Å². The maximum absolute atomic E-state index is 14.6. The Balaban J connectivity index is 0.790. The van der Waals surface area contributed by atoms with Gasteiger partial charge in [-0.15, -0.1) is 0 Å². The van der Waals surface area contributed by atoms with Gasteiger partial charge in [0.2, 0.25) is 0 Å². The number of piperidine rings is 1. The summed E-state index contributed by atoms with van der Waals surface area (Å²) in [5, 5.41) is 29.8. The molecule has 66 heavy (non-hydrogen) atoms. The van der Waals surface area contributed by atoms with Crippen molar-refractivity contribution in [2.45, 2.75) is 96.4 Å². The fourth-order valence-electron chi connectivity index (χ4n) is 20.2. The number of rotatable bonds is 4. The summed E-state index contributed by atoms with van der Waals surface area (Å²) in [6.07, 6.45) is 20.3. The molecule has 0 radical (unpaired) electrons. The smallest absolute Gasteiger partial charge is 0.276 e. The summed E-state index contributed by atoms with van der Waals surface area (Å²) < 4.78 is 2.34. The van der Waals surface area contributed by atoms with Crippen molar-refractivity contribution in [3.8, 4) is 0 Å². The Kier molecular flexibility index (Phi) is 8.54. The van der Waals surface area contributed by atoms with E-state index in [4.69, 9.17) is 4.98 Å². The molecule has 0 spiro atoms. The third kappa shape index (κ3) is 5.23. The minimum absolute atomic E-state index is 0.0599. The predicted molar refractivity (Wildman–Crippen MR) is 259 cm³/mol. The third-order valence-corrected chi connectivity index (χ3v) is 22.4. The standard InChI is InChI=1S/C55H58BrN5O5/c56-43-19-18-39-49-38(43)8-3-9-40(49)55(62)59-46-21-29(60(63)64)20-41-42(45(61(65)66)22-44(53(41)46)57-54(39)59)25-58-23-27-10-12-32-36-16-14-34-30-6-1-4-26-5-2-7-31(48(26)30)35-15-17-37(52(36)51(34)35)33-13-11-28(24-58)47(27)50(32)33/h3,8-9,18-22,26-28,30-37,47-48,50-52H,1-2,4-7,10-17,23-25H2. The number of nitro benzene ring substituents is 2. The Morgan fingerprint density at radius 2 is 1.18 bits per heavy atom. The number of benzene rings is 4. The van der Waals surface area contributed by atoms with E-state index in [2.05, 4.69) is 20.8 Å². The van der Waals surface area contributed by atoms with Crippen LogP contribution in [-0.2, 0) is 6.54 Å². The van der Waals surface area contributed by atoms with Crippen molar-refractivity contribution in [2.75, 3.05) is 13.1 Å². The zero-order valence-electron chi connectivity index (χ0n) is 37.5. The molecule has 3 heterocycles. The fraction of sp³-hybridized carbons (Fsp3) is 0.600. The van der Waals surface area contributed by atoms with Gasteiger partial charge in [-0.05, 0) is 182 Å². The Morgan fingerprint density at radius 3 is 1.80 bits per heavy atom. The molecule has 15 rings (SSSR count). The molecule has 4 aromatic carbocycles. The summed E-state index contributed by atoms with van der Waals surface area (Å²) >= 11 is 3.65. The lowest BCUT2D eigenvalue weighted by Gasteiger charge is -2.71. The van der Waals surface area contributed by atoms with E-state index in [0.717, 1.165) is 111 Å². The summed E-state index contributed by atoms with van der Waals surface area (Å²) in [4.78, 5) is 47.3. The zero-order chi connectivity index (χ0) is 44.0. The van der Waals surface area contributed by atoms with Gasteiger partial charge in [-0.1, -0.05) is 53.7 Å². The van der Waals surface area contributed by atoms with Crippen LogP contribution in [0.15, 0.2) is 57.8 Å². The lowest BCUT2D eigenvalue weighted by Crippen LogP contribution is -2.66. The van der Waals surface area contributed by atoms with Crippen LogP contribution in [0, 0.1) is 115 Å². The quantitative estimate of drug-likeness (QED) is 0.0746. The van der Waals surface area contributed by atoms with Gasteiger partial charge in [-0.3, -0.25) is 34.3 Å². The van der Waals surface area contributed by atoms with Crippen molar-refractivity contribution in [1.82, 2.24) is 14.3 Å². The predicted octanol–water partition coefficient (Wildman–Crippen LogP) is 12.6. The fourth-order valence-corrected chi connectivity index (χ4v) is 20.7. The van der Waals surface area contributed by atoms with Crippen LogP contribution < -0.4 is 5.56 Å². The number of fused-ring (bicyclic) bond motifs is 7. The molecule has 0 bridgehead atoms. The number of halogens is 1. The summed E-state index contributed by atoms with van der Waals surface area (Å²) in [6, 6.07) is 13.9. The number of hydrogen-bond acceptors (Lipinski definition) is 7. The van der Waals surface area contributed by atoms with Gasteiger partial charge in [0.1, 0.15) is 5.65 Å².